The highest BCUT2D eigenvalue weighted by atomic mass is 35.5. The van der Waals surface area contributed by atoms with Crippen LogP contribution < -0.4 is 12.4 Å². The maximum Gasteiger partial charge on any atom is 0.111 e. The van der Waals surface area contributed by atoms with Crippen molar-refractivity contribution in [3.63, 3.8) is 0 Å². The minimum Gasteiger partial charge on any atom is -1.00 e. The van der Waals surface area contributed by atoms with Gasteiger partial charge in [0.05, 0.1) is 20.6 Å². The van der Waals surface area contributed by atoms with Crippen molar-refractivity contribution in [3.8, 4) is 0 Å². The van der Waals surface area contributed by atoms with Crippen molar-refractivity contribution in [2.75, 3.05) is 20.6 Å². The lowest BCUT2D eigenvalue weighted by molar-refractivity contribution is -0.917. The van der Waals surface area contributed by atoms with Crippen LogP contribution in [-0.2, 0) is 0 Å². The van der Waals surface area contributed by atoms with Gasteiger partial charge in [0.1, 0.15) is 6.04 Å². The molecule has 0 aliphatic carbocycles. The van der Waals surface area contributed by atoms with E-state index in [1.54, 1.807) is 0 Å². The van der Waals surface area contributed by atoms with Gasteiger partial charge in [0.25, 0.3) is 0 Å². The minimum atomic E-state index is 0. The van der Waals surface area contributed by atoms with E-state index in [1.165, 1.54) is 5.56 Å². The molecular weight excluding hydrogens is 218 g/mol. The summed E-state index contributed by atoms with van der Waals surface area (Å²) in [6.07, 6.45) is 0. The van der Waals surface area contributed by atoms with Gasteiger partial charge in [-0.1, -0.05) is 30.3 Å². The zero-order valence-corrected chi connectivity index (χ0v) is 11.7. The first-order chi connectivity index (χ1) is 7.08. The second-order valence-electron chi connectivity index (χ2n) is 4.18. The van der Waals surface area contributed by atoms with E-state index in [4.69, 9.17) is 0 Å². The molecule has 1 nitrogen and oxygen atoms in total. The number of benzene rings is 1. The number of nitrogens with zero attached hydrogens (tertiary/aromatic N) is 1. The molecule has 2 heteroatoms. The van der Waals surface area contributed by atoms with E-state index in [1.807, 2.05) is 0 Å². The van der Waals surface area contributed by atoms with Gasteiger partial charge in [0.15, 0.2) is 0 Å². The van der Waals surface area contributed by atoms with E-state index < -0.39 is 0 Å². The van der Waals surface area contributed by atoms with Crippen molar-refractivity contribution < 1.29 is 16.9 Å². The van der Waals surface area contributed by atoms with Crippen LogP contribution in [0.3, 0.4) is 0 Å². The number of hydrogen-bond donors (Lipinski definition) is 0. The van der Waals surface area contributed by atoms with E-state index in [-0.39, 0.29) is 12.4 Å². The average molecular weight is 242 g/mol. The summed E-state index contributed by atoms with van der Waals surface area (Å²) in [6, 6.07) is 11.3. The molecule has 1 unspecified atom stereocenters. The van der Waals surface area contributed by atoms with Crippen molar-refractivity contribution in [2.24, 2.45) is 0 Å². The molecule has 0 fully saturated rings. The molecule has 0 bridgehead atoms. The van der Waals surface area contributed by atoms with Crippen LogP contribution in [0, 0.1) is 0 Å². The Morgan fingerprint density at radius 2 is 1.56 bits per heavy atom. The van der Waals surface area contributed by atoms with Gasteiger partial charge in [-0.15, -0.1) is 13.2 Å². The van der Waals surface area contributed by atoms with Gasteiger partial charge < -0.3 is 16.9 Å². The molecule has 0 aliphatic rings. The smallest absolute Gasteiger partial charge is 0.111 e. The van der Waals surface area contributed by atoms with Gasteiger partial charge in [0.2, 0.25) is 0 Å². The third-order valence-corrected chi connectivity index (χ3v) is 3.15. The van der Waals surface area contributed by atoms with Crippen LogP contribution in [0.1, 0.15) is 25.5 Å². The SMILES string of the molecule is C=C.CC[N+](C)(C)C(C)c1ccccc1.[Cl-]. The molecule has 0 saturated heterocycles. The predicted molar refractivity (Wildman–Crippen MR) is 68.8 cm³/mol. The van der Waals surface area contributed by atoms with Crippen molar-refractivity contribution >= 4 is 0 Å². The Kier molecular flexibility index (Phi) is 9.21. The first kappa shape index (κ1) is 17.6. The van der Waals surface area contributed by atoms with Crippen LogP contribution in [0.15, 0.2) is 43.5 Å². The fourth-order valence-electron chi connectivity index (χ4n) is 1.41. The van der Waals surface area contributed by atoms with Crippen LogP contribution in [0.2, 0.25) is 0 Å². The molecule has 0 N–H and O–H groups in total. The average Bonchev–Trinajstić information content (AvgIpc) is 2.32. The molecule has 1 aromatic rings. The Bertz CT molecular complexity index is 269. The van der Waals surface area contributed by atoms with E-state index in [2.05, 4.69) is 71.4 Å². The molecule has 0 saturated carbocycles. The predicted octanol–water partition coefficient (Wildman–Crippen LogP) is 0.650. The Hall–Kier alpha value is -0.790. The van der Waals surface area contributed by atoms with Gasteiger partial charge in [-0.25, -0.2) is 0 Å². The normalized spacial score (nSPS) is 11.8. The Morgan fingerprint density at radius 3 is 1.94 bits per heavy atom. The van der Waals surface area contributed by atoms with Crippen LogP contribution in [0.25, 0.3) is 0 Å². The van der Waals surface area contributed by atoms with E-state index in [0.29, 0.717) is 6.04 Å². The lowest BCUT2D eigenvalue weighted by atomic mass is 10.1. The van der Waals surface area contributed by atoms with Crippen molar-refractivity contribution in [1.82, 2.24) is 0 Å². The standard InChI is InChI=1S/C12H20N.C2H4.ClH/c1-5-13(3,4)11(2)12-9-7-6-8-10-12;1-2;/h6-11H,5H2,1-4H3;1-2H2;1H/q+1;;/p-1. The molecule has 92 valence electrons. The second kappa shape index (κ2) is 8.37. The summed E-state index contributed by atoms with van der Waals surface area (Å²) in [6.45, 7) is 11.7. The third kappa shape index (κ3) is 4.82. The number of hydrogen-bond acceptors (Lipinski definition) is 0. The summed E-state index contributed by atoms with van der Waals surface area (Å²) in [5.41, 5.74) is 1.43. The second-order valence-corrected chi connectivity index (χ2v) is 4.18. The third-order valence-electron chi connectivity index (χ3n) is 3.15. The van der Waals surface area contributed by atoms with Crippen LogP contribution in [0.5, 0.6) is 0 Å². The summed E-state index contributed by atoms with van der Waals surface area (Å²) in [4.78, 5) is 0. The molecule has 0 spiro atoms. The summed E-state index contributed by atoms with van der Waals surface area (Å²) in [5, 5.41) is 0. The van der Waals surface area contributed by atoms with Crippen molar-refractivity contribution in [3.05, 3.63) is 49.1 Å². The van der Waals surface area contributed by atoms with Crippen LogP contribution >= 0.6 is 0 Å². The lowest BCUT2D eigenvalue weighted by Gasteiger charge is -2.35. The van der Waals surface area contributed by atoms with Gasteiger partial charge in [-0.2, -0.15) is 0 Å². The molecule has 0 amide bonds. The van der Waals surface area contributed by atoms with Gasteiger partial charge in [-0.05, 0) is 13.8 Å². The fourth-order valence-corrected chi connectivity index (χ4v) is 1.41. The first-order valence-corrected chi connectivity index (χ1v) is 5.45. The minimum absolute atomic E-state index is 0. The monoisotopic (exact) mass is 241 g/mol. The summed E-state index contributed by atoms with van der Waals surface area (Å²) in [5.74, 6) is 0. The Morgan fingerprint density at radius 1 is 1.12 bits per heavy atom. The van der Waals surface area contributed by atoms with Gasteiger partial charge >= 0.3 is 0 Å². The fraction of sp³-hybridized carbons (Fsp3) is 0.429. The van der Waals surface area contributed by atoms with E-state index >= 15 is 0 Å². The lowest BCUT2D eigenvalue weighted by Crippen LogP contribution is -3.00. The zero-order chi connectivity index (χ0) is 11.9. The molecule has 0 heterocycles. The maximum absolute atomic E-state index is 3.00. The van der Waals surface area contributed by atoms with Crippen LogP contribution in [-0.4, -0.2) is 25.1 Å². The molecule has 1 atom stereocenters. The highest BCUT2D eigenvalue weighted by Gasteiger charge is 2.22. The molecule has 1 aromatic carbocycles. The molecular formula is C14H24ClN. The largest absolute Gasteiger partial charge is 1.00 e. The highest BCUT2D eigenvalue weighted by molar-refractivity contribution is 5.16. The molecule has 16 heavy (non-hydrogen) atoms. The Labute approximate surface area is 107 Å². The summed E-state index contributed by atoms with van der Waals surface area (Å²) < 4.78 is 1.05. The van der Waals surface area contributed by atoms with Gasteiger partial charge in [-0.3, -0.25) is 0 Å². The molecule has 1 rings (SSSR count). The van der Waals surface area contributed by atoms with E-state index in [9.17, 15) is 0 Å². The molecule has 0 aromatic heterocycles. The molecule has 0 aliphatic heterocycles. The zero-order valence-electron chi connectivity index (χ0n) is 10.9. The molecule has 0 radical (unpaired) electrons. The number of halogens is 1. The number of quaternary nitrogens is 1. The first-order valence-electron chi connectivity index (χ1n) is 5.45. The van der Waals surface area contributed by atoms with Crippen molar-refractivity contribution in [2.45, 2.75) is 19.9 Å². The quantitative estimate of drug-likeness (QED) is 0.539. The topological polar surface area (TPSA) is 0 Å². The summed E-state index contributed by atoms with van der Waals surface area (Å²) >= 11 is 0. The Balaban J connectivity index is 0. The maximum atomic E-state index is 3.00. The van der Waals surface area contributed by atoms with Crippen LogP contribution in [0.4, 0.5) is 0 Å². The highest BCUT2D eigenvalue weighted by Crippen LogP contribution is 2.23. The van der Waals surface area contributed by atoms with E-state index in [0.717, 1.165) is 11.0 Å². The number of rotatable bonds is 3. The van der Waals surface area contributed by atoms with Gasteiger partial charge in [0, 0.05) is 5.56 Å². The summed E-state index contributed by atoms with van der Waals surface area (Å²) in [7, 11) is 4.55. The van der Waals surface area contributed by atoms with Crippen molar-refractivity contribution in [1.29, 1.82) is 0 Å².